The van der Waals surface area contributed by atoms with E-state index in [-0.39, 0.29) is 5.56 Å². The minimum absolute atomic E-state index is 0.0531. The van der Waals surface area contributed by atoms with Crippen molar-refractivity contribution >= 4 is 11.6 Å². The van der Waals surface area contributed by atoms with Crippen molar-refractivity contribution in [1.82, 2.24) is 0 Å². The molecule has 1 aromatic carbocycles. The van der Waals surface area contributed by atoms with Gasteiger partial charge < -0.3 is 0 Å². The van der Waals surface area contributed by atoms with Gasteiger partial charge in [-0.15, -0.1) is 0 Å². The molecule has 104 valence electrons. The fourth-order valence-corrected chi connectivity index (χ4v) is 1.37. The van der Waals surface area contributed by atoms with Crippen molar-refractivity contribution in [1.29, 1.82) is 0 Å². The van der Waals surface area contributed by atoms with E-state index in [1.54, 1.807) is 0 Å². The molecule has 2 nitrogen and oxygen atoms in total. The van der Waals surface area contributed by atoms with Crippen molar-refractivity contribution < 1.29 is 35.9 Å². The van der Waals surface area contributed by atoms with Crippen molar-refractivity contribution in [3.05, 3.63) is 34.9 Å². The Kier molecular flexibility index (Phi) is 3.74. The molecule has 0 unspecified atom stereocenters. The monoisotopic (exact) mass is 284 g/mol. The molecule has 0 aliphatic heterocycles. The molecule has 8 heteroatoms. The lowest BCUT2D eigenvalue weighted by Crippen LogP contribution is -2.25. The number of halogens is 6. The van der Waals surface area contributed by atoms with E-state index in [9.17, 15) is 35.9 Å². The van der Waals surface area contributed by atoms with Crippen molar-refractivity contribution in [2.75, 3.05) is 0 Å². The van der Waals surface area contributed by atoms with Crippen LogP contribution in [0.3, 0.4) is 0 Å². The number of aryl methyl sites for hydroxylation is 1. The summed E-state index contributed by atoms with van der Waals surface area (Å²) < 4.78 is 73.1. The first-order chi connectivity index (χ1) is 8.43. The van der Waals surface area contributed by atoms with E-state index in [1.807, 2.05) is 0 Å². The average Bonchev–Trinajstić information content (AvgIpc) is 2.23. The van der Waals surface area contributed by atoms with Crippen molar-refractivity contribution in [2.24, 2.45) is 0 Å². The Bertz CT molecular complexity index is 483. The second-order valence-corrected chi connectivity index (χ2v) is 3.74. The summed E-state index contributed by atoms with van der Waals surface area (Å²) in [5.74, 6) is -4.60. The highest BCUT2D eigenvalue weighted by atomic mass is 19.4. The molecule has 0 atom stereocenters. The summed E-state index contributed by atoms with van der Waals surface area (Å²) in [5.41, 5.74) is -2.05. The van der Waals surface area contributed by atoms with Gasteiger partial charge in [-0.1, -0.05) is 0 Å². The second-order valence-electron chi connectivity index (χ2n) is 3.74. The largest absolute Gasteiger partial charge is 0.454 e. The number of carbonyl (C=O) groups excluding carboxylic acids is 2. The van der Waals surface area contributed by atoms with E-state index < -0.39 is 35.0 Å². The van der Waals surface area contributed by atoms with E-state index in [4.69, 9.17) is 0 Å². The number of ketones is 2. The van der Waals surface area contributed by atoms with Gasteiger partial charge in [-0.3, -0.25) is 9.59 Å². The molecule has 1 rings (SSSR count). The lowest BCUT2D eigenvalue weighted by atomic mass is 10.0. The summed E-state index contributed by atoms with van der Waals surface area (Å²) in [7, 11) is 0. The maximum absolute atomic E-state index is 12.2. The lowest BCUT2D eigenvalue weighted by Gasteiger charge is -2.10. The van der Waals surface area contributed by atoms with Gasteiger partial charge in [0, 0.05) is 11.1 Å². The van der Waals surface area contributed by atoms with Crippen LogP contribution in [-0.2, 0) is 0 Å². The summed E-state index contributed by atoms with van der Waals surface area (Å²) in [5, 5.41) is 0. The van der Waals surface area contributed by atoms with Crippen molar-refractivity contribution in [3.63, 3.8) is 0 Å². The van der Waals surface area contributed by atoms with Crippen LogP contribution in [0.2, 0.25) is 0 Å². The Hall–Kier alpha value is -1.86. The zero-order chi connectivity index (χ0) is 15.0. The average molecular weight is 284 g/mol. The maximum atomic E-state index is 12.2. The van der Waals surface area contributed by atoms with Crippen molar-refractivity contribution in [2.45, 2.75) is 19.3 Å². The predicted molar refractivity (Wildman–Crippen MR) is 52.0 cm³/mol. The van der Waals surface area contributed by atoms with Crippen LogP contribution in [-0.4, -0.2) is 23.9 Å². The number of alkyl halides is 6. The first kappa shape index (κ1) is 15.2. The Labute approximate surface area is 103 Å². The van der Waals surface area contributed by atoms with Crippen LogP contribution in [0.1, 0.15) is 26.3 Å². The van der Waals surface area contributed by atoms with Gasteiger partial charge in [0.1, 0.15) is 0 Å². The Morgan fingerprint density at radius 1 is 0.789 bits per heavy atom. The third-order valence-corrected chi connectivity index (χ3v) is 2.12. The molecule has 19 heavy (non-hydrogen) atoms. The molecule has 0 aliphatic rings. The van der Waals surface area contributed by atoms with Gasteiger partial charge in [0.25, 0.3) is 11.6 Å². The number of carbonyl (C=O) groups is 2. The van der Waals surface area contributed by atoms with Crippen LogP contribution >= 0.6 is 0 Å². The van der Waals surface area contributed by atoms with E-state index in [2.05, 4.69) is 0 Å². The molecule has 0 N–H and O–H groups in total. The first-order valence-corrected chi connectivity index (χ1v) is 4.77. The highest BCUT2D eigenvalue weighted by molar-refractivity contribution is 6.05. The first-order valence-electron chi connectivity index (χ1n) is 4.77. The molecule has 0 amide bonds. The number of hydrogen-bond donors (Lipinski definition) is 0. The SMILES string of the molecule is Cc1cc(C(=O)C(F)(F)F)cc(C(=O)C(F)(F)F)c1. The van der Waals surface area contributed by atoms with E-state index >= 15 is 0 Å². The van der Waals surface area contributed by atoms with Gasteiger partial charge in [0.15, 0.2) is 0 Å². The topological polar surface area (TPSA) is 34.1 Å². The summed E-state index contributed by atoms with van der Waals surface area (Å²) in [4.78, 5) is 21.9. The summed E-state index contributed by atoms with van der Waals surface area (Å²) >= 11 is 0. The third kappa shape index (κ3) is 3.55. The van der Waals surface area contributed by atoms with E-state index in [0.29, 0.717) is 6.07 Å². The minimum atomic E-state index is -5.22. The van der Waals surface area contributed by atoms with Gasteiger partial charge in [0.2, 0.25) is 0 Å². The quantitative estimate of drug-likeness (QED) is 0.615. The normalized spacial score (nSPS) is 12.4. The van der Waals surface area contributed by atoms with Crippen LogP contribution in [0.15, 0.2) is 18.2 Å². The molecule has 0 radical (unpaired) electrons. The summed E-state index contributed by atoms with van der Waals surface area (Å²) in [6, 6.07) is 1.82. The lowest BCUT2D eigenvalue weighted by molar-refractivity contribution is -0.0887. The molecule has 0 saturated carbocycles. The molecular formula is C11H6F6O2. The number of benzene rings is 1. The summed E-state index contributed by atoms with van der Waals surface area (Å²) in [6.07, 6.45) is -10.4. The molecule has 0 heterocycles. The number of rotatable bonds is 2. The maximum Gasteiger partial charge on any atom is 0.454 e. The second kappa shape index (κ2) is 4.67. The molecule has 0 bridgehead atoms. The number of Topliss-reactive ketones (excluding diaryl/α,β-unsaturated/α-hetero) is 2. The van der Waals surface area contributed by atoms with Gasteiger partial charge in [-0.25, -0.2) is 0 Å². The molecule has 0 aliphatic carbocycles. The van der Waals surface area contributed by atoms with Gasteiger partial charge in [0.05, 0.1) is 0 Å². The van der Waals surface area contributed by atoms with Crippen LogP contribution in [0.4, 0.5) is 26.3 Å². The highest BCUT2D eigenvalue weighted by Gasteiger charge is 2.42. The van der Waals surface area contributed by atoms with Gasteiger partial charge >= 0.3 is 12.4 Å². The molecule has 1 aromatic rings. The van der Waals surface area contributed by atoms with Crippen LogP contribution in [0.5, 0.6) is 0 Å². The standard InChI is InChI=1S/C11H6F6O2/c1-5-2-6(8(18)10(12,13)14)4-7(3-5)9(19)11(15,16)17/h2-4H,1H3. The van der Waals surface area contributed by atoms with E-state index in [1.165, 1.54) is 6.92 Å². The molecule has 0 fully saturated rings. The van der Waals surface area contributed by atoms with E-state index in [0.717, 1.165) is 12.1 Å². The Morgan fingerprint density at radius 2 is 1.11 bits per heavy atom. The summed E-state index contributed by atoms with van der Waals surface area (Å²) in [6.45, 7) is 1.18. The number of hydrogen-bond acceptors (Lipinski definition) is 2. The Morgan fingerprint density at radius 3 is 1.37 bits per heavy atom. The zero-order valence-electron chi connectivity index (χ0n) is 9.32. The smallest absolute Gasteiger partial charge is 0.284 e. The third-order valence-electron chi connectivity index (χ3n) is 2.12. The van der Waals surface area contributed by atoms with Crippen LogP contribution < -0.4 is 0 Å². The fourth-order valence-electron chi connectivity index (χ4n) is 1.37. The molecular weight excluding hydrogens is 278 g/mol. The molecule has 0 saturated heterocycles. The molecule has 0 aromatic heterocycles. The fraction of sp³-hybridized carbons (Fsp3) is 0.273. The molecule has 0 spiro atoms. The highest BCUT2D eigenvalue weighted by Crippen LogP contribution is 2.26. The minimum Gasteiger partial charge on any atom is -0.284 e. The van der Waals surface area contributed by atoms with Crippen molar-refractivity contribution in [3.8, 4) is 0 Å². The van der Waals surface area contributed by atoms with Crippen LogP contribution in [0, 0.1) is 6.92 Å². The van der Waals surface area contributed by atoms with Crippen LogP contribution in [0.25, 0.3) is 0 Å². The predicted octanol–water partition coefficient (Wildman–Crippen LogP) is 3.49. The van der Waals surface area contributed by atoms with Gasteiger partial charge in [-0.2, -0.15) is 26.3 Å². The Balaban J connectivity index is 3.30. The van der Waals surface area contributed by atoms with Gasteiger partial charge in [-0.05, 0) is 30.7 Å². The zero-order valence-corrected chi connectivity index (χ0v) is 9.32.